The van der Waals surface area contributed by atoms with E-state index in [4.69, 9.17) is 9.47 Å². The van der Waals surface area contributed by atoms with Gasteiger partial charge in [-0.1, -0.05) is 19.8 Å². The number of aliphatic hydroxyl groups is 1. The molecular formula is C18H26O3. The smallest absolute Gasteiger partial charge is 0.125 e. The molecule has 1 heterocycles. The Bertz CT molecular complexity index is 511. The Morgan fingerprint density at radius 1 is 1.29 bits per heavy atom. The number of benzene rings is 1. The largest absolute Gasteiger partial charge is 0.496 e. The van der Waals surface area contributed by atoms with Crippen molar-refractivity contribution in [2.75, 3.05) is 7.11 Å². The normalized spacial score (nSPS) is 29.6. The van der Waals surface area contributed by atoms with E-state index in [1.54, 1.807) is 7.11 Å². The van der Waals surface area contributed by atoms with Gasteiger partial charge in [0, 0.05) is 17.5 Å². The van der Waals surface area contributed by atoms with E-state index in [9.17, 15) is 5.11 Å². The second kappa shape index (κ2) is 5.88. The fourth-order valence-corrected chi connectivity index (χ4v) is 3.88. The molecule has 21 heavy (non-hydrogen) atoms. The van der Waals surface area contributed by atoms with Crippen molar-refractivity contribution in [2.24, 2.45) is 11.8 Å². The first-order valence-corrected chi connectivity index (χ1v) is 8.14. The van der Waals surface area contributed by atoms with Gasteiger partial charge >= 0.3 is 0 Å². The SMILES string of the molecule is COc1cc2c(cc1C(O)C1CCCC(C)C1)OC(C)C2. The van der Waals surface area contributed by atoms with Gasteiger partial charge in [-0.25, -0.2) is 0 Å². The maximum absolute atomic E-state index is 10.8. The average molecular weight is 290 g/mol. The van der Waals surface area contributed by atoms with Crippen LogP contribution in [0, 0.1) is 11.8 Å². The van der Waals surface area contributed by atoms with Gasteiger partial charge in [-0.15, -0.1) is 0 Å². The molecule has 0 aromatic heterocycles. The molecule has 1 aromatic rings. The van der Waals surface area contributed by atoms with Crippen LogP contribution in [0.15, 0.2) is 12.1 Å². The van der Waals surface area contributed by atoms with Gasteiger partial charge in [0.05, 0.1) is 13.2 Å². The molecule has 0 amide bonds. The van der Waals surface area contributed by atoms with Crippen molar-refractivity contribution in [3.8, 4) is 11.5 Å². The summed E-state index contributed by atoms with van der Waals surface area (Å²) in [7, 11) is 1.68. The Morgan fingerprint density at radius 2 is 2.10 bits per heavy atom. The van der Waals surface area contributed by atoms with Crippen LogP contribution in [0.25, 0.3) is 0 Å². The van der Waals surface area contributed by atoms with Gasteiger partial charge in [-0.05, 0) is 43.7 Å². The van der Waals surface area contributed by atoms with E-state index in [1.165, 1.54) is 18.4 Å². The number of aliphatic hydroxyl groups excluding tert-OH is 1. The third-order valence-corrected chi connectivity index (χ3v) is 4.99. The van der Waals surface area contributed by atoms with Crippen molar-refractivity contribution < 1.29 is 14.6 Å². The van der Waals surface area contributed by atoms with Gasteiger partial charge < -0.3 is 14.6 Å². The van der Waals surface area contributed by atoms with E-state index in [0.29, 0.717) is 11.8 Å². The highest BCUT2D eigenvalue weighted by Crippen LogP contribution is 2.43. The Kier molecular flexibility index (Phi) is 4.12. The van der Waals surface area contributed by atoms with E-state index in [1.807, 2.05) is 12.1 Å². The topological polar surface area (TPSA) is 38.7 Å². The molecule has 3 nitrogen and oxygen atoms in total. The molecule has 1 aromatic carbocycles. The van der Waals surface area contributed by atoms with Crippen LogP contribution < -0.4 is 9.47 Å². The van der Waals surface area contributed by atoms with Crippen molar-refractivity contribution in [2.45, 2.75) is 58.2 Å². The van der Waals surface area contributed by atoms with Crippen LogP contribution in [0.2, 0.25) is 0 Å². The molecule has 1 fully saturated rings. The highest BCUT2D eigenvalue weighted by molar-refractivity contribution is 5.49. The Labute approximate surface area is 127 Å². The van der Waals surface area contributed by atoms with Gasteiger partial charge in [-0.2, -0.15) is 0 Å². The Morgan fingerprint density at radius 3 is 2.81 bits per heavy atom. The van der Waals surface area contributed by atoms with Gasteiger partial charge in [0.1, 0.15) is 17.6 Å². The summed E-state index contributed by atoms with van der Waals surface area (Å²) in [5.74, 6) is 2.76. The zero-order valence-electron chi connectivity index (χ0n) is 13.3. The monoisotopic (exact) mass is 290 g/mol. The van der Waals surface area contributed by atoms with Gasteiger partial charge in [-0.3, -0.25) is 0 Å². The third kappa shape index (κ3) is 2.89. The third-order valence-electron chi connectivity index (χ3n) is 4.99. The Hall–Kier alpha value is -1.22. The second-order valence-electron chi connectivity index (χ2n) is 6.81. The summed E-state index contributed by atoms with van der Waals surface area (Å²) in [6.07, 6.45) is 5.37. The lowest BCUT2D eigenvalue weighted by Crippen LogP contribution is -2.20. The van der Waals surface area contributed by atoms with E-state index in [-0.39, 0.29) is 6.10 Å². The zero-order chi connectivity index (χ0) is 15.0. The Balaban J connectivity index is 1.88. The van der Waals surface area contributed by atoms with E-state index >= 15 is 0 Å². The van der Waals surface area contributed by atoms with Gasteiger partial charge in [0.25, 0.3) is 0 Å². The summed E-state index contributed by atoms with van der Waals surface area (Å²) in [4.78, 5) is 0. The number of methoxy groups -OCH3 is 1. The minimum Gasteiger partial charge on any atom is -0.496 e. The van der Waals surface area contributed by atoms with Crippen LogP contribution in [-0.4, -0.2) is 18.3 Å². The van der Waals surface area contributed by atoms with Crippen LogP contribution in [-0.2, 0) is 6.42 Å². The van der Waals surface area contributed by atoms with Crippen molar-refractivity contribution in [1.82, 2.24) is 0 Å². The van der Waals surface area contributed by atoms with Crippen molar-refractivity contribution in [3.05, 3.63) is 23.3 Å². The van der Waals surface area contributed by atoms with E-state index in [0.717, 1.165) is 36.3 Å². The molecule has 1 aliphatic carbocycles. The number of rotatable bonds is 3. The summed E-state index contributed by atoms with van der Waals surface area (Å²) in [5, 5.41) is 10.8. The minimum atomic E-state index is -0.451. The standard InChI is InChI=1S/C18H26O3/c1-11-5-4-6-13(7-11)18(19)15-10-16-14(8-12(2)21-16)9-17(15)20-3/h9-13,18-19H,4-8H2,1-3H3. The van der Waals surface area contributed by atoms with Crippen LogP contribution in [0.3, 0.4) is 0 Å². The molecular weight excluding hydrogens is 264 g/mol. The zero-order valence-corrected chi connectivity index (χ0v) is 13.3. The predicted octanol–water partition coefficient (Wildman–Crippen LogP) is 3.88. The molecule has 0 bridgehead atoms. The number of ether oxygens (including phenoxy) is 2. The molecule has 4 unspecified atom stereocenters. The molecule has 1 aliphatic heterocycles. The fraction of sp³-hybridized carbons (Fsp3) is 0.667. The van der Waals surface area contributed by atoms with Crippen molar-refractivity contribution in [3.63, 3.8) is 0 Å². The highest BCUT2D eigenvalue weighted by Gasteiger charge is 2.30. The van der Waals surface area contributed by atoms with Crippen LogP contribution >= 0.6 is 0 Å². The number of hydrogen-bond donors (Lipinski definition) is 1. The molecule has 0 spiro atoms. The van der Waals surface area contributed by atoms with Crippen LogP contribution in [0.1, 0.15) is 56.8 Å². The first kappa shape index (κ1) is 14.7. The maximum Gasteiger partial charge on any atom is 0.125 e. The summed E-state index contributed by atoms with van der Waals surface area (Å²) >= 11 is 0. The summed E-state index contributed by atoms with van der Waals surface area (Å²) in [6.45, 7) is 4.36. The predicted molar refractivity (Wildman–Crippen MR) is 82.9 cm³/mol. The minimum absolute atomic E-state index is 0.215. The lowest BCUT2D eigenvalue weighted by Gasteiger charge is -2.31. The lowest BCUT2D eigenvalue weighted by atomic mass is 9.77. The lowest BCUT2D eigenvalue weighted by molar-refractivity contribution is 0.0691. The summed E-state index contributed by atoms with van der Waals surface area (Å²) in [5.41, 5.74) is 2.08. The molecule has 3 rings (SSSR count). The summed E-state index contributed by atoms with van der Waals surface area (Å²) in [6, 6.07) is 4.05. The molecule has 116 valence electrons. The van der Waals surface area contributed by atoms with Crippen molar-refractivity contribution >= 4 is 0 Å². The van der Waals surface area contributed by atoms with Crippen LogP contribution in [0.5, 0.6) is 11.5 Å². The van der Waals surface area contributed by atoms with Crippen molar-refractivity contribution in [1.29, 1.82) is 0 Å². The average Bonchev–Trinajstić information content (AvgIpc) is 2.84. The summed E-state index contributed by atoms with van der Waals surface area (Å²) < 4.78 is 11.4. The molecule has 0 saturated heterocycles. The fourth-order valence-electron chi connectivity index (χ4n) is 3.88. The number of fused-ring (bicyclic) bond motifs is 1. The van der Waals surface area contributed by atoms with E-state index in [2.05, 4.69) is 13.8 Å². The molecule has 1 N–H and O–H groups in total. The molecule has 2 aliphatic rings. The molecule has 1 saturated carbocycles. The van der Waals surface area contributed by atoms with Gasteiger partial charge in [0.15, 0.2) is 0 Å². The first-order valence-electron chi connectivity index (χ1n) is 8.14. The van der Waals surface area contributed by atoms with Crippen LogP contribution in [0.4, 0.5) is 0 Å². The first-order chi connectivity index (χ1) is 10.1. The highest BCUT2D eigenvalue weighted by atomic mass is 16.5. The molecule has 3 heteroatoms. The number of hydrogen-bond acceptors (Lipinski definition) is 3. The maximum atomic E-state index is 10.8. The van der Waals surface area contributed by atoms with E-state index < -0.39 is 6.10 Å². The molecule has 0 radical (unpaired) electrons. The van der Waals surface area contributed by atoms with Gasteiger partial charge in [0.2, 0.25) is 0 Å². The molecule has 4 atom stereocenters. The second-order valence-corrected chi connectivity index (χ2v) is 6.81. The quantitative estimate of drug-likeness (QED) is 0.918.